The number of hydrogen-bond donors (Lipinski definition) is 0. The van der Waals surface area contributed by atoms with E-state index in [4.69, 9.17) is 5.26 Å². The van der Waals surface area contributed by atoms with Crippen molar-refractivity contribution in [3.8, 4) is 16.8 Å². The fraction of sp³-hybridized carbons (Fsp3) is 0.125. The molecule has 4 nitrogen and oxygen atoms in total. The van der Waals surface area contributed by atoms with E-state index in [9.17, 15) is 13.2 Å². The second-order valence-corrected chi connectivity index (χ2v) is 3.78. The van der Waals surface area contributed by atoms with Gasteiger partial charge >= 0.3 is 6.18 Å². The van der Waals surface area contributed by atoms with Crippen molar-refractivity contribution in [1.29, 1.82) is 5.26 Å². The van der Waals surface area contributed by atoms with Crippen molar-refractivity contribution < 1.29 is 17.7 Å². The van der Waals surface area contributed by atoms with Crippen LogP contribution in [0.5, 0.6) is 0 Å². The zero-order valence-corrected chi connectivity index (χ0v) is 8.26. The number of nitriles is 1. The molecule has 0 amide bonds. The Bertz CT molecular complexity index is 551. The third-order valence-corrected chi connectivity index (χ3v) is 2.58. The molecule has 2 rings (SSSR count). The largest absolute Gasteiger partial charge is 0.455 e. The lowest BCUT2D eigenvalue weighted by Crippen LogP contribution is -2.06. The molecule has 0 saturated heterocycles. The second kappa shape index (κ2) is 3.61. The van der Waals surface area contributed by atoms with Gasteiger partial charge in [-0.15, -0.1) is 11.3 Å². The summed E-state index contributed by atoms with van der Waals surface area (Å²) >= 11 is 0.985. The van der Waals surface area contributed by atoms with E-state index in [0.29, 0.717) is 9.75 Å². The van der Waals surface area contributed by atoms with Gasteiger partial charge in [0.05, 0.1) is 4.88 Å². The molecule has 0 aliphatic rings. The topological polar surface area (TPSA) is 62.7 Å². The molecule has 0 unspecified atom stereocenters. The van der Waals surface area contributed by atoms with E-state index < -0.39 is 12.0 Å². The molecule has 0 N–H and O–H groups in total. The van der Waals surface area contributed by atoms with Gasteiger partial charge in [-0.05, 0) is 12.1 Å². The van der Waals surface area contributed by atoms with Crippen molar-refractivity contribution in [2.24, 2.45) is 0 Å². The molecule has 0 saturated carbocycles. The van der Waals surface area contributed by atoms with Crippen LogP contribution in [-0.2, 0) is 6.18 Å². The van der Waals surface area contributed by atoms with Crippen LogP contribution in [0.4, 0.5) is 13.2 Å². The lowest BCUT2D eigenvalue weighted by atomic mass is 10.4. The SMILES string of the molecule is N#Cc1ccc(-c2nc(C(F)(F)F)no2)s1. The van der Waals surface area contributed by atoms with E-state index in [1.165, 1.54) is 12.1 Å². The zero-order chi connectivity index (χ0) is 11.8. The molecule has 0 fully saturated rings. The molecule has 16 heavy (non-hydrogen) atoms. The number of rotatable bonds is 1. The summed E-state index contributed by atoms with van der Waals surface area (Å²) in [6, 6.07) is 4.79. The summed E-state index contributed by atoms with van der Waals surface area (Å²) in [5, 5.41) is 11.4. The van der Waals surface area contributed by atoms with Crippen molar-refractivity contribution in [2.75, 3.05) is 0 Å². The lowest BCUT2D eigenvalue weighted by molar-refractivity contribution is -0.146. The maximum atomic E-state index is 12.2. The van der Waals surface area contributed by atoms with Crippen LogP contribution >= 0.6 is 11.3 Å². The quantitative estimate of drug-likeness (QED) is 0.774. The molecule has 0 atom stereocenters. The summed E-state index contributed by atoms with van der Waals surface area (Å²) in [7, 11) is 0. The van der Waals surface area contributed by atoms with Gasteiger partial charge in [-0.3, -0.25) is 0 Å². The van der Waals surface area contributed by atoms with Gasteiger partial charge in [0.2, 0.25) is 0 Å². The number of nitrogens with zero attached hydrogens (tertiary/aromatic N) is 3. The third-order valence-electron chi connectivity index (χ3n) is 1.61. The Kier molecular flexibility index (Phi) is 2.40. The number of thiophene rings is 1. The maximum Gasteiger partial charge on any atom is 0.455 e. The van der Waals surface area contributed by atoms with E-state index >= 15 is 0 Å². The van der Waals surface area contributed by atoms with Gasteiger partial charge in [0.15, 0.2) is 0 Å². The highest BCUT2D eigenvalue weighted by molar-refractivity contribution is 7.15. The van der Waals surface area contributed by atoms with Gasteiger partial charge in [0, 0.05) is 0 Å². The van der Waals surface area contributed by atoms with Crippen LogP contribution in [0.1, 0.15) is 10.7 Å². The molecule has 0 spiro atoms. The van der Waals surface area contributed by atoms with Crippen molar-refractivity contribution in [3.63, 3.8) is 0 Å². The molecule has 2 heterocycles. The minimum absolute atomic E-state index is 0.237. The van der Waals surface area contributed by atoms with Gasteiger partial charge in [-0.1, -0.05) is 5.16 Å². The predicted molar refractivity (Wildman–Crippen MR) is 47.3 cm³/mol. The van der Waals surface area contributed by atoms with Crippen LogP contribution in [0.3, 0.4) is 0 Å². The maximum absolute atomic E-state index is 12.2. The average molecular weight is 245 g/mol. The second-order valence-electron chi connectivity index (χ2n) is 2.70. The predicted octanol–water partition coefficient (Wildman–Crippen LogP) is 2.69. The van der Waals surface area contributed by atoms with Gasteiger partial charge in [-0.2, -0.15) is 23.4 Å². The number of alkyl halides is 3. The first-order valence-electron chi connectivity index (χ1n) is 3.92. The fourth-order valence-electron chi connectivity index (χ4n) is 0.952. The molecular formula is C8H2F3N3OS. The summed E-state index contributed by atoms with van der Waals surface area (Å²) in [6.07, 6.45) is -4.63. The Morgan fingerprint density at radius 2 is 2.12 bits per heavy atom. The third kappa shape index (κ3) is 1.90. The summed E-state index contributed by atoms with van der Waals surface area (Å²) in [4.78, 5) is 3.89. The molecule has 0 aliphatic heterocycles. The van der Waals surface area contributed by atoms with Crippen LogP contribution in [0.25, 0.3) is 10.8 Å². The van der Waals surface area contributed by atoms with Gasteiger partial charge in [0.25, 0.3) is 11.7 Å². The van der Waals surface area contributed by atoms with Crippen LogP contribution in [-0.4, -0.2) is 10.1 Å². The van der Waals surface area contributed by atoms with Crippen LogP contribution in [0.2, 0.25) is 0 Å². The van der Waals surface area contributed by atoms with E-state index in [2.05, 4.69) is 14.7 Å². The Labute approximate surface area is 90.9 Å². The molecule has 2 aromatic rings. The van der Waals surface area contributed by atoms with Crippen LogP contribution in [0, 0.1) is 11.3 Å². The molecule has 82 valence electrons. The summed E-state index contributed by atoms with van der Waals surface area (Å²) in [5.41, 5.74) is 0. The summed E-state index contributed by atoms with van der Waals surface area (Å²) in [6.45, 7) is 0. The number of halogens is 3. The molecule has 2 aromatic heterocycles. The minimum atomic E-state index is -4.63. The molecule has 0 bridgehead atoms. The molecule has 0 aromatic carbocycles. The van der Waals surface area contributed by atoms with E-state index in [0.717, 1.165) is 11.3 Å². The average Bonchev–Trinajstić information content (AvgIpc) is 2.85. The van der Waals surface area contributed by atoms with E-state index in [1.54, 1.807) is 0 Å². The smallest absolute Gasteiger partial charge is 0.333 e. The highest BCUT2D eigenvalue weighted by Gasteiger charge is 2.37. The zero-order valence-electron chi connectivity index (χ0n) is 7.45. The standard InChI is InChI=1S/C8H2F3N3OS/c9-8(10,11)7-13-6(15-14-7)5-2-1-4(3-12)16-5/h1-2H. The van der Waals surface area contributed by atoms with Crippen molar-refractivity contribution >= 4 is 11.3 Å². The van der Waals surface area contributed by atoms with Crippen molar-refractivity contribution in [2.45, 2.75) is 6.18 Å². The summed E-state index contributed by atoms with van der Waals surface area (Å²) < 4.78 is 40.9. The minimum Gasteiger partial charge on any atom is -0.333 e. The van der Waals surface area contributed by atoms with Gasteiger partial charge in [-0.25, -0.2) is 0 Å². The van der Waals surface area contributed by atoms with Crippen molar-refractivity contribution in [1.82, 2.24) is 10.1 Å². The Balaban J connectivity index is 2.36. The molecule has 0 aliphatic carbocycles. The molecule has 0 radical (unpaired) electrons. The number of aromatic nitrogens is 2. The number of hydrogen-bond acceptors (Lipinski definition) is 5. The summed E-state index contributed by atoms with van der Waals surface area (Å²) in [5.74, 6) is -1.56. The molecule has 8 heteroatoms. The normalized spacial score (nSPS) is 11.4. The first-order valence-corrected chi connectivity index (χ1v) is 4.73. The first-order chi connectivity index (χ1) is 7.50. The fourth-order valence-corrected chi connectivity index (χ4v) is 1.68. The highest BCUT2D eigenvalue weighted by atomic mass is 32.1. The van der Waals surface area contributed by atoms with Crippen molar-refractivity contribution in [3.05, 3.63) is 22.8 Å². The van der Waals surface area contributed by atoms with E-state index in [-0.39, 0.29) is 5.89 Å². The van der Waals surface area contributed by atoms with E-state index in [1.807, 2.05) is 6.07 Å². The van der Waals surface area contributed by atoms with Crippen LogP contribution < -0.4 is 0 Å². The Hall–Kier alpha value is -1.88. The lowest BCUT2D eigenvalue weighted by Gasteiger charge is -1.95. The Morgan fingerprint density at radius 3 is 2.62 bits per heavy atom. The van der Waals surface area contributed by atoms with Gasteiger partial charge in [0.1, 0.15) is 10.9 Å². The molecular weight excluding hydrogens is 243 g/mol. The van der Waals surface area contributed by atoms with Crippen LogP contribution in [0.15, 0.2) is 16.7 Å². The first kappa shape index (κ1) is 10.6. The monoisotopic (exact) mass is 245 g/mol. The highest BCUT2D eigenvalue weighted by Crippen LogP contribution is 2.31. The Morgan fingerprint density at radius 1 is 1.38 bits per heavy atom. The van der Waals surface area contributed by atoms with Gasteiger partial charge < -0.3 is 4.52 Å².